The van der Waals surface area contributed by atoms with Gasteiger partial charge in [0.25, 0.3) is 0 Å². The summed E-state index contributed by atoms with van der Waals surface area (Å²) in [7, 11) is 0. The van der Waals surface area contributed by atoms with E-state index in [9.17, 15) is 35.9 Å². The fourth-order valence-electron chi connectivity index (χ4n) is 3.79. The molecule has 0 spiro atoms. The summed E-state index contributed by atoms with van der Waals surface area (Å²) < 4.78 is 83.3. The van der Waals surface area contributed by atoms with Crippen LogP contribution in [0.2, 0.25) is 5.02 Å². The summed E-state index contributed by atoms with van der Waals surface area (Å²) in [4.78, 5) is 26.7. The second-order valence-electron chi connectivity index (χ2n) is 8.45. The summed E-state index contributed by atoms with van der Waals surface area (Å²) in [5.41, 5.74) is -0.481. The van der Waals surface area contributed by atoms with Crippen LogP contribution in [0.4, 0.5) is 32.0 Å². The molecule has 0 saturated carbocycles. The van der Waals surface area contributed by atoms with Crippen LogP contribution in [-0.2, 0) is 15.8 Å². The van der Waals surface area contributed by atoms with E-state index in [1.807, 2.05) is 0 Å². The highest BCUT2D eigenvalue weighted by atomic mass is 35.5. The van der Waals surface area contributed by atoms with Crippen LogP contribution in [0.1, 0.15) is 22.9 Å². The zero-order valence-electron chi connectivity index (χ0n) is 19.7. The van der Waals surface area contributed by atoms with Gasteiger partial charge >= 0.3 is 12.4 Å². The number of hydrogen-bond acceptors (Lipinski definition) is 4. The zero-order valence-corrected chi connectivity index (χ0v) is 21.3. The number of nitrogens with zero attached hydrogens (tertiary/aromatic N) is 1. The van der Waals surface area contributed by atoms with E-state index in [1.165, 1.54) is 29.2 Å². The van der Waals surface area contributed by atoms with E-state index in [-0.39, 0.29) is 5.56 Å². The van der Waals surface area contributed by atoms with Crippen LogP contribution in [0.3, 0.4) is 0 Å². The quantitative estimate of drug-likeness (QED) is 0.293. The minimum Gasteiger partial charge on any atom is -0.457 e. The molecular weight excluding hydrogens is 570 g/mol. The third-order valence-corrected chi connectivity index (χ3v) is 7.25. The molecule has 0 aliphatic carbocycles. The van der Waals surface area contributed by atoms with E-state index in [4.69, 9.17) is 16.3 Å². The van der Waals surface area contributed by atoms with Crippen molar-refractivity contribution in [2.75, 3.05) is 11.4 Å². The van der Waals surface area contributed by atoms with Gasteiger partial charge in [-0.3, -0.25) is 14.5 Å². The molecule has 5 nitrogen and oxygen atoms in total. The monoisotopic (exact) mass is 588 g/mol. The van der Waals surface area contributed by atoms with E-state index in [0.717, 1.165) is 23.9 Å². The number of alkyl halides is 6. The number of hydrogen-bond donors (Lipinski definition) is 1. The van der Waals surface area contributed by atoms with Crippen molar-refractivity contribution < 1.29 is 40.7 Å². The van der Waals surface area contributed by atoms with Gasteiger partial charge in [0.2, 0.25) is 11.8 Å². The predicted octanol–water partition coefficient (Wildman–Crippen LogP) is 7.37. The molecule has 1 saturated heterocycles. The van der Waals surface area contributed by atoms with Gasteiger partial charge in [-0.1, -0.05) is 23.7 Å². The number of rotatable bonds is 7. The number of amides is 2. The van der Waals surface area contributed by atoms with Gasteiger partial charge in [0.1, 0.15) is 23.4 Å². The number of thioether (sulfide) groups is 1. The Balaban J connectivity index is 1.60. The molecule has 13 heteroatoms. The van der Waals surface area contributed by atoms with Crippen LogP contribution in [0, 0.1) is 0 Å². The Hall–Kier alpha value is -3.38. The van der Waals surface area contributed by atoms with Crippen molar-refractivity contribution in [3.05, 3.63) is 88.9 Å². The summed E-state index contributed by atoms with van der Waals surface area (Å²) in [6, 6.07) is 17.1. The molecule has 3 aromatic carbocycles. The molecule has 1 fully saturated rings. The first-order valence-corrected chi connectivity index (χ1v) is 12.6. The Morgan fingerprint density at radius 3 is 2.15 bits per heavy atom. The fraction of sp³-hybridized carbons (Fsp3) is 0.231. The highest BCUT2D eigenvalue weighted by Gasteiger charge is 2.44. The first kappa shape index (κ1) is 28.6. The lowest BCUT2D eigenvalue weighted by Crippen LogP contribution is -2.37. The summed E-state index contributed by atoms with van der Waals surface area (Å²) in [6.45, 7) is -1.56. The van der Waals surface area contributed by atoms with Gasteiger partial charge in [-0.25, -0.2) is 0 Å². The van der Waals surface area contributed by atoms with Crippen molar-refractivity contribution in [1.82, 2.24) is 5.32 Å². The van der Waals surface area contributed by atoms with Gasteiger partial charge in [0.05, 0.1) is 10.8 Å². The topological polar surface area (TPSA) is 58.6 Å². The molecule has 0 aromatic heterocycles. The van der Waals surface area contributed by atoms with Crippen LogP contribution < -0.4 is 15.0 Å². The molecule has 1 N–H and O–H groups in total. The van der Waals surface area contributed by atoms with E-state index in [0.29, 0.717) is 22.2 Å². The molecule has 1 heterocycles. The molecule has 3 aromatic rings. The van der Waals surface area contributed by atoms with Crippen molar-refractivity contribution in [3.8, 4) is 11.5 Å². The second kappa shape index (κ2) is 11.4. The summed E-state index contributed by atoms with van der Waals surface area (Å²) in [5.74, 6) is -0.740. The molecule has 2 atom stereocenters. The van der Waals surface area contributed by atoms with E-state index in [1.54, 1.807) is 41.7 Å². The number of anilines is 1. The molecular formula is C26H19ClF6N2O3S. The molecule has 4 rings (SSSR count). The van der Waals surface area contributed by atoms with E-state index < -0.39 is 53.3 Å². The number of ether oxygens (including phenoxy) is 1. The molecule has 0 bridgehead atoms. The number of carbonyl (C=O) groups is 2. The van der Waals surface area contributed by atoms with Gasteiger partial charge in [0.15, 0.2) is 0 Å². The molecule has 206 valence electrons. The Labute approximate surface area is 228 Å². The third-order valence-electron chi connectivity index (χ3n) is 5.56. The largest absolute Gasteiger partial charge is 0.457 e. The summed E-state index contributed by atoms with van der Waals surface area (Å²) in [5, 5.41) is 0.148. The predicted molar refractivity (Wildman–Crippen MR) is 135 cm³/mol. The first-order valence-electron chi connectivity index (χ1n) is 11.3. The maximum Gasteiger partial charge on any atom is 0.416 e. The highest BCUT2D eigenvalue weighted by molar-refractivity contribution is 8.01. The second-order valence-corrected chi connectivity index (χ2v) is 10.2. The van der Waals surface area contributed by atoms with Crippen LogP contribution >= 0.6 is 23.4 Å². The summed E-state index contributed by atoms with van der Waals surface area (Å²) >= 11 is 6.76. The van der Waals surface area contributed by atoms with Crippen molar-refractivity contribution in [2.24, 2.45) is 0 Å². The van der Waals surface area contributed by atoms with Gasteiger partial charge in [0, 0.05) is 17.1 Å². The van der Waals surface area contributed by atoms with Crippen molar-refractivity contribution >= 4 is 40.9 Å². The Morgan fingerprint density at radius 1 is 0.949 bits per heavy atom. The average molecular weight is 589 g/mol. The minimum atomic E-state index is -4.63. The SMILES string of the molecule is O=C(CC1SC(c2cccc(C(F)(F)F)c2)N(c2ccc(Oc3ccc(Cl)cc3)cc2)C1=O)NCC(F)(F)F. The number of benzene rings is 3. The zero-order chi connectivity index (χ0) is 28.4. The standard InChI is InChI=1S/C26H19ClF6N2O3S/c27-17-4-8-19(9-5-17)38-20-10-6-18(7-11-20)35-23(37)21(13-22(36)34-14-25(28,29)30)39-24(35)15-2-1-3-16(12-15)26(31,32)33/h1-12,21,24H,13-14H2,(H,34,36). The van der Waals surface area contributed by atoms with E-state index in [2.05, 4.69) is 0 Å². The first-order chi connectivity index (χ1) is 18.3. The summed E-state index contributed by atoms with van der Waals surface area (Å²) in [6.07, 6.45) is -9.85. The lowest BCUT2D eigenvalue weighted by atomic mass is 10.1. The highest BCUT2D eigenvalue weighted by Crippen LogP contribution is 2.47. The van der Waals surface area contributed by atoms with Crippen LogP contribution in [0.25, 0.3) is 0 Å². The van der Waals surface area contributed by atoms with Gasteiger partial charge in [-0.05, 0) is 66.2 Å². The normalized spacial score (nSPS) is 17.8. The lowest BCUT2D eigenvalue weighted by Gasteiger charge is -2.25. The third kappa shape index (κ3) is 7.39. The van der Waals surface area contributed by atoms with Gasteiger partial charge < -0.3 is 10.1 Å². The number of carbonyl (C=O) groups excluding carboxylic acids is 2. The smallest absolute Gasteiger partial charge is 0.416 e. The number of halogens is 7. The maximum absolute atomic E-state index is 13.4. The van der Waals surface area contributed by atoms with Crippen LogP contribution in [0.15, 0.2) is 72.8 Å². The van der Waals surface area contributed by atoms with Crippen LogP contribution in [-0.4, -0.2) is 29.8 Å². The van der Waals surface area contributed by atoms with Crippen molar-refractivity contribution in [3.63, 3.8) is 0 Å². The molecule has 2 unspecified atom stereocenters. The molecule has 39 heavy (non-hydrogen) atoms. The minimum absolute atomic E-state index is 0.142. The van der Waals surface area contributed by atoms with Crippen molar-refractivity contribution in [2.45, 2.75) is 29.4 Å². The van der Waals surface area contributed by atoms with Crippen LogP contribution in [0.5, 0.6) is 11.5 Å². The fourth-order valence-corrected chi connectivity index (χ4v) is 5.36. The maximum atomic E-state index is 13.4. The van der Waals surface area contributed by atoms with E-state index >= 15 is 0 Å². The Bertz CT molecular complexity index is 1330. The van der Waals surface area contributed by atoms with Gasteiger partial charge in [-0.15, -0.1) is 11.8 Å². The van der Waals surface area contributed by atoms with Gasteiger partial charge in [-0.2, -0.15) is 26.3 Å². The Kier molecular flexibility index (Phi) is 8.36. The molecule has 0 radical (unpaired) electrons. The average Bonchev–Trinajstić information content (AvgIpc) is 3.19. The molecule has 2 amide bonds. The Morgan fingerprint density at radius 2 is 1.56 bits per heavy atom. The molecule has 1 aliphatic heterocycles. The lowest BCUT2D eigenvalue weighted by molar-refractivity contribution is -0.138. The van der Waals surface area contributed by atoms with Crippen molar-refractivity contribution in [1.29, 1.82) is 0 Å². The number of nitrogens with one attached hydrogen (secondary N) is 1. The molecule has 1 aliphatic rings.